The van der Waals surface area contributed by atoms with Gasteiger partial charge in [0.25, 0.3) is 0 Å². The summed E-state index contributed by atoms with van der Waals surface area (Å²) in [7, 11) is 0. The lowest BCUT2D eigenvalue weighted by Gasteiger charge is -2.13. The third-order valence-corrected chi connectivity index (χ3v) is 15.8. The fourth-order valence-corrected chi connectivity index (χ4v) is 11.2. The van der Waals surface area contributed by atoms with Gasteiger partial charge in [-0.15, -0.1) is 0 Å². The van der Waals surface area contributed by atoms with Crippen molar-refractivity contribution in [2.45, 2.75) is 100.0 Å². The molecule has 414 valence electrons. The number of aryl methyl sites for hydroxylation is 1. The molecule has 0 aliphatic heterocycles. The van der Waals surface area contributed by atoms with Crippen molar-refractivity contribution in [2.24, 2.45) is 5.92 Å². The van der Waals surface area contributed by atoms with E-state index in [1.54, 1.807) is 0 Å². The van der Waals surface area contributed by atoms with Crippen LogP contribution in [0, 0.1) is 19.8 Å². The van der Waals surface area contributed by atoms with Gasteiger partial charge in [-0.2, -0.15) is 0 Å². The van der Waals surface area contributed by atoms with Crippen LogP contribution < -0.4 is 5.32 Å². The maximum atomic E-state index is 3.98. The van der Waals surface area contributed by atoms with Gasteiger partial charge in [0.05, 0.1) is 5.52 Å². The maximum Gasteiger partial charge on any atom is 0.0500 e. The number of benzene rings is 6. The highest BCUT2D eigenvalue weighted by Gasteiger charge is 2.17. The monoisotopic (exact) mass is 1070 g/mol. The highest BCUT2D eigenvalue weighted by atomic mass is 15.0. The topological polar surface area (TPSA) is 17.0 Å². The SMILES string of the molecule is C=C/C=C\c1cccc(C2=CC=C(CCC(/C=C\C(C)/C(=C\C=C/CC)CC/C=C(\C=C/CC)c3cccc4c3c3ccccc3n4Cc3ccc4c(C)c(/C=C\C)ccc4c3)=C/C=C/Nc3ccc(/C(C=C)=C/C)cc3)C=CC2)c1C. The van der Waals surface area contributed by atoms with Crippen molar-refractivity contribution in [2.75, 3.05) is 5.32 Å². The number of para-hydroxylation sites is 1. The van der Waals surface area contributed by atoms with E-state index >= 15 is 0 Å². The molecule has 1 N–H and O–H groups in total. The molecule has 2 nitrogen and oxygen atoms in total. The minimum absolute atomic E-state index is 0.227. The third kappa shape index (κ3) is 15.2. The Morgan fingerprint density at radius 3 is 2.32 bits per heavy atom. The van der Waals surface area contributed by atoms with E-state index in [2.05, 4.69) is 289 Å². The van der Waals surface area contributed by atoms with Gasteiger partial charge in [-0.1, -0.05) is 246 Å². The summed E-state index contributed by atoms with van der Waals surface area (Å²) in [5.41, 5.74) is 21.5. The lowest BCUT2D eigenvalue weighted by molar-refractivity contribution is 0.781. The first-order valence-electron chi connectivity index (χ1n) is 29.7. The lowest BCUT2D eigenvalue weighted by atomic mass is 9.92. The highest BCUT2D eigenvalue weighted by Crippen LogP contribution is 2.37. The second kappa shape index (κ2) is 30.2. The molecule has 82 heavy (non-hydrogen) atoms. The van der Waals surface area contributed by atoms with E-state index in [1.807, 2.05) is 31.4 Å². The molecule has 1 aliphatic rings. The highest BCUT2D eigenvalue weighted by molar-refractivity contribution is 6.13. The second-order valence-electron chi connectivity index (χ2n) is 21.3. The van der Waals surface area contributed by atoms with Crippen LogP contribution in [0.15, 0.2) is 267 Å². The first-order chi connectivity index (χ1) is 40.2. The van der Waals surface area contributed by atoms with E-state index < -0.39 is 0 Å². The molecular weight excluding hydrogens is 989 g/mol. The van der Waals surface area contributed by atoms with E-state index in [-0.39, 0.29) is 5.92 Å². The molecule has 1 heterocycles. The first kappa shape index (κ1) is 59.4. The van der Waals surface area contributed by atoms with E-state index in [1.165, 1.54) is 99.4 Å². The summed E-state index contributed by atoms with van der Waals surface area (Å²) >= 11 is 0. The molecule has 1 aromatic heterocycles. The van der Waals surface area contributed by atoms with Crippen LogP contribution in [-0.2, 0) is 6.54 Å². The molecule has 0 saturated carbocycles. The Morgan fingerprint density at radius 2 is 1.52 bits per heavy atom. The van der Waals surface area contributed by atoms with E-state index in [9.17, 15) is 0 Å². The third-order valence-electron chi connectivity index (χ3n) is 15.8. The van der Waals surface area contributed by atoms with Crippen molar-refractivity contribution in [3.63, 3.8) is 0 Å². The fraction of sp³-hybridized carbons (Fsp3) is 0.200. The maximum absolute atomic E-state index is 3.98. The van der Waals surface area contributed by atoms with Crippen LogP contribution in [-0.4, -0.2) is 4.57 Å². The molecule has 7 aromatic rings. The minimum Gasteiger partial charge on any atom is -0.362 e. The summed E-state index contributed by atoms with van der Waals surface area (Å²) in [5, 5.41) is 8.70. The number of nitrogens with one attached hydrogen (secondary N) is 1. The Bertz CT molecular complexity index is 3810. The molecule has 1 aliphatic carbocycles. The van der Waals surface area contributed by atoms with Crippen molar-refractivity contribution in [3.8, 4) is 0 Å². The van der Waals surface area contributed by atoms with Crippen LogP contribution >= 0.6 is 0 Å². The van der Waals surface area contributed by atoms with Gasteiger partial charge in [0.2, 0.25) is 0 Å². The zero-order valence-corrected chi connectivity index (χ0v) is 49.8. The van der Waals surface area contributed by atoms with E-state index in [4.69, 9.17) is 0 Å². The molecule has 0 radical (unpaired) electrons. The standard InChI is InChI=1S/C80H84N2/c1-10-16-19-32-66(33-23-36-70(31-18-12-3)76-39-25-41-79-80(76)77-37-20-21-40-78(77)82(79)58-64-47-55-75-60(8)67(27-13-4)49-50-72(75)57-64)59(7)42-43-63(29-26-56-81-73-53-51-69(52-54-73)65(14-5)15-6)45-44-62-28-22-35-71(48-46-62)74-38-24-34-68(61(74)9)30-17-11-2/h11,13-22,24-32,34,36-43,46-57,59,81H,2,5,10,12,23,33,35,44-45,58H2,1,3-4,6-9H3/b19-16-,27-13-,30-17-,31-18-,43-42-,56-26+,63-29+,65-15+,66-32-,70-36+. The molecule has 0 bridgehead atoms. The molecule has 0 saturated heterocycles. The van der Waals surface area contributed by atoms with Gasteiger partial charge >= 0.3 is 0 Å². The van der Waals surface area contributed by atoms with Gasteiger partial charge in [-0.3, -0.25) is 0 Å². The van der Waals surface area contributed by atoms with Gasteiger partial charge in [0, 0.05) is 34.7 Å². The minimum atomic E-state index is 0.227. The number of nitrogens with zero attached hydrogens (tertiary/aromatic N) is 1. The van der Waals surface area contributed by atoms with E-state index in [0.29, 0.717) is 0 Å². The van der Waals surface area contributed by atoms with Crippen molar-refractivity contribution in [1.82, 2.24) is 4.57 Å². The number of anilines is 1. The van der Waals surface area contributed by atoms with Gasteiger partial charge in [-0.25, -0.2) is 0 Å². The van der Waals surface area contributed by atoms with Crippen LogP contribution in [0.2, 0.25) is 0 Å². The van der Waals surface area contributed by atoms with Crippen molar-refractivity contribution >= 4 is 67.1 Å². The quantitative estimate of drug-likeness (QED) is 0.0565. The van der Waals surface area contributed by atoms with E-state index in [0.717, 1.165) is 68.3 Å². The summed E-state index contributed by atoms with van der Waals surface area (Å²) in [6, 6.07) is 42.5. The van der Waals surface area contributed by atoms with Crippen LogP contribution in [0.4, 0.5) is 5.69 Å². The van der Waals surface area contributed by atoms with Crippen LogP contribution in [0.1, 0.15) is 124 Å². The molecule has 0 fully saturated rings. The molecule has 1 atom stereocenters. The Kier molecular flexibility index (Phi) is 21.9. The normalized spacial score (nSPS) is 14.5. The summed E-state index contributed by atoms with van der Waals surface area (Å²) in [6.07, 6.45) is 55.4. The van der Waals surface area contributed by atoms with Crippen LogP contribution in [0.25, 0.3) is 61.4 Å². The average molecular weight is 1070 g/mol. The number of allylic oxidation sites excluding steroid dienone is 25. The van der Waals surface area contributed by atoms with Crippen molar-refractivity contribution in [1.29, 1.82) is 0 Å². The summed E-state index contributed by atoms with van der Waals surface area (Å²) in [5.74, 6) is 0.227. The van der Waals surface area contributed by atoms with Gasteiger partial charge in [0.1, 0.15) is 0 Å². The first-order valence-corrected chi connectivity index (χ1v) is 29.7. The average Bonchev–Trinajstić information content (AvgIpc) is 3.76. The number of hydrogen-bond acceptors (Lipinski definition) is 1. The molecule has 0 amide bonds. The predicted molar refractivity (Wildman–Crippen MR) is 365 cm³/mol. The molecule has 2 heteroatoms. The zero-order valence-electron chi connectivity index (χ0n) is 49.8. The molecule has 8 rings (SSSR count). The Hall–Kier alpha value is -8.72. The molecule has 6 aromatic carbocycles. The Labute approximate surface area is 491 Å². The second-order valence-corrected chi connectivity index (χ2v) is 21.3. The summed E-state index contributed by atoms with van der Waals surface area (Å²) in [6.45, 7) is 24.0. The number of fused-ring (bicyclic) bond motifs is 4. The summed E-state index contributed by atoms with van der Waals surface area (Å²) in [4.78, 5) is 0. The molecule has 0 spiro atoms. The number of rotatable bonds is 25. The Balaban J connectivity index is 1.05. The smallest absolute Gasteiger partial charge is 0.0500 e. The van der Waals surface area contributed by atoms with Crippen molar-refractivity contribution in [3.05, 3.63) is 311 Å². The fourth-order valence-electron chi connectivity index (χ4n) is 11.2. The van der Waals surface area contributed by atoms with Crippen LogP contribution in [0.3, 0.4) is 0 Å². The van der Waals surface area contributed by atoms with Crippen molar-refractivity contribution < 1.29 is 0 Å². The van der Waals surface area contributed by atoms with Gasteiger partial charge < -0.3 is 9.88 Å². The number of aromatic nitrogens is 1. The summed E-state index contributed by atoms with van der Waals surface area (Å²) < 4.78 is 2.52. The predicted octanol–water partition coefficient (Wildman–Crippen LogP) is 23.0. The Morgan fingerprint density at radius 1 is 0.720 bits per heavy atom. The zero-order chi connectivity index (χ0) is 57.6. The van der Waals surface area contributed by atoms with Gasteiger partial charge in [0.15, 0.2) is 0 Å². The molecule has 1 unspecified atom stereocenters. The van der Waals surface area contributed by atoms with Crippen LogP contribution in [0.5, 0.6) is 0 Å². The number of hydrogen-bond donors (Lipinski definition) is 1. The van der Waals surface area contributed by atoms with Gasteiger partial charge in [-0.05, 0) is 198 Å². The molecular formula is C80H84N2. The largest absolute Gasteiger partial charge is 0.362 e. The lowest BCUT2D eigenvalue weighted by Crippen LogP contribution is -2.00.